The van der Waals surface area contributed by atoms with E-state index < -0.39 is 0 Å². The highest BCUT2D eigenvalue weighted by atomic mass is 35.5. The van der Waals surface area contributed by atoms with Crippen LogP contribution in [0, 0.1) is 23.6 Å². The summed E-state index contributed by atoms with van der Waals surface area (Å²) in [4.78, 5) is 91.5. The first-order valence-corrected chi connectivity index (χ1v) is 45.8. The molecular weight excluding hydrogens is 1580 g/mol. The maximum absolute atomic E-state index is 14.2. The van der Waals surface area contributed by atoms with Crippen molar-refractivity contribution in [2.45, 2.75) is 158 Å². The number of piperidine rings is 2. The summed E-state index contributed by atoms with van der Waals surface area (Å²) in [5.74, 6) is 1.89. The van der Waals surface area contributed by atoms with Gasteiger partial charge in [0.15, 0.2) is 0 Å². The van der Waals surface area contributed by atoms with Gasteiger partial charge in [0.2, 0.25) is 23.6 Å². The first kappa shape index (κ1) is 91.0. The molecule has 15 rings (SSSR count). The highest BCUT2D eigenvalue weighted by Gasteiger charge is 2.38. The molecule has 8 N–H and O–H groups in total. The van der Waals surface area contributed by atoms with Crippen LogP contribution in [0.3, 0.4) is 0 Å². The van der Waals surface area contributed by atoms with Gasteiger partial charge in [0.25, 0.3) is 11.8 Å². The van der Waals surface area contributed by atoms with Crippen LogP contribution in [0.5, 0.6) is 0 Å². The lowest BCUT2D eigenvalue weighted by Gasteiger charge is -2.35. The number of benzene rings is 9. The number of hydrogen-bond acceptors (Lipinski definition) is 12. The molecule has 6 aliphatic rings. The summed E-state index contributed by atoms with van der Waals surface area (Å²) in [7, 11) is 0. The lowest BCUT2D eigenvalue weighted by molar-refractivity contribution is -0.134. The second-order valence-corrected chi connectivity index (χ2v) is 35.8. The smallest absolute Gasteiger partial charge is 0.251 e. The fourth-order valence-corrected chi connectivity index (χ4v) is 19.3. The number of carbonyl (C=O) groups is 6. The summed E-state index contributed by atoms with van der Waals surface area (Å²) in [5.41, 5.74) is 12.7. The van der Waals surface area contributed by atoms with Crippen LogP contribution < -0.4 is 37.6 Å². The van der Waals surface area contributed by atoms with Crippen molar-refractivity contribution in [2.75, 3.05) is 105 Å². The summed E-state index contributed by atoms with van der Waals surface area (Å²) in [6.07, 6.45) is 18.8. The zero-order valence-electron chi connectivity index (χ0n) is 71.6. The molecular formula is C102H125Cl2FN12O6. The maximum Gasteiger partial charge on any atom is 0.251 e. The molecule has 9 aromatic carbocycles. The van der Waals surface area contributed by atoms with Gasteiger partial charge < -0.3 is 62.1 Å². The summed E-state index contributed by atoms with van der Waals surface area (Å²) < 4.78 is 13.6. The molecule has 650 valence electrons. The van der Waals surface area contributed by atoms with Crippen molar-refractivity contribution in [1.29, 1.82) is 0 Å². The Morgan fingerprint density at radius 1 is 0.447 bits per heavy atom. The van der Waals surface area contributed by atoms with Crippen molar-refractivity contribution in [3.63, 3.8) is 0 Å². The number of nitrogens with two attached hydrogens (primary N) is 1. The molecule has 2 unspecified atom stereocenters. The minimum atomic E-state index is -0.320. The molecule has 9 aromatic rings. The van der Waals surface area contributed by atoms with Crippen molar-refractivity contribution in [2.24, 2.45) is 23.5 Å². The Labute approximate surface area is 737 Å². The number of likely N-dealkylation sites (tertiary alicyclic amines) is 2. The van der Waals surface area contributed by atoms with Crippen molar-refractivity contribution in [1.82, 2.24) is 56.4 Å². The number of halogens is 3. The van der Waals surface area contributed by atoms with E-state index in [1.807, 2.05) is 82.6 Å². The fraction of sp³-hybridized carbons (Fsp3) is 0.431. The van der Waals surface area contributed by atoms with Gasteiger partial charge >= 0.3 is 0 Å². The normalized spacial score (nSPS) is 22.0. The van der Waals surface area contributed by atoms with Crippen LogP contribution in [0.15, 0.2) is 224 Å². The molecule has 1 aliphatic carbocycles. The van der Waals surface area contributed by atoms with E-state index >= 15 is 0 Å². The zero-order valence-corrected chi connectivity index (χ0v) is 73.1. The molecule has 0 radical (unpaired) electrons. The third kappa shape index (κ3) is 27.2. The third-order valence-corrected chi connectivity index (χ3v) is 26.0. The maximum atomic E-state index is 14.2. The SMILES string of the molecule is CC1CC(C)CC(CN2CC[C@@H](CNC(=O)/C=C/c3ccc(Cl)cc3)N[C@@H](CCN)C2=O)C1.O=C(NC[C@@H]1CCN(CC(c2ccccc2)c2ccccc2)C(=O)[C@H](CCN2CCCCC2)N1)c1ccc2cc(Cl)ccc2c1.O=C(NC[C@@H]1CCN(CC(c2ccccc2)c2ccccc2)C(=O)[C@H](CCN2CCCCC2)N1)c1ccc2cc(F)ccc2c1. The van der Waals surface area contributed by atoms with Gasteiger partial charge in [-0.2, -0.15) is 0 Å². The van der Waals surface area contributed by atoms with Crippen molar-refractivity contribution in [3.05, 3.63) is 279 Å². The second-order valence-electron chi connectivity index (χ2n) is 34.9. The molecule has 0 bridgehead atoms. The van der Waals surface area contributed by atoms with E-state index in [0.717, 1.165) is 117 Å². The average molecular weight is 1710 g/mol. The van der Waals surface area contributed by atoms with E-state index in [1.165, 1.54) is 98.2 Å². The third-order valence-electron chi connectivity index (χ3n) is 25.5. The van der Waals surface area contributed by atoms with E-state index in [0.29, 0.717) is 92.4 Å². The highest BCUT2D eigenvalue weighted by Crippen LogP contribution is 2.35. The van der Waals surface area contributed by atoms with Gasteiger partial charge in [0.1, 0.15) is 5.82 Å². The van der Waals surface area contributed by atoms with Gasteiger partial charge in [-0.1, -0.05) is 208 Å². The lowest BCUT2D eigenvalue weighted by atomic mass is 9.76. The largest absolute Gasteiger partial charge is 0.351 e. The molecule has 1 saturated carbocycles. The monoisotopic (exact) mass is 1700 g/mol. The molecule has 8 atom stereocenters. The summed E-state index contributed by atoms with van der Waals surface area (Å²) in [5, 5.41) is 24.9. The number of fused-ring (bicyclic) bond motifs is 2. The second kappa shape index (κ2) is 46.3. The predicted octanol–water partition coefficient (Wildman–Crippen LogP) is 15.9. The van der Waals surface area contributed by atoms with Crippen LogP contribution in [0.1, 0.15) is 171 Å². The number of hydrogen-bond donors (Lipinski definition) is 7. The molecule has 6 fully saturated rings. The molecule has 123 heavy (non-hydrogen) atoms. The minimum Gasteiger partial charge on any atom is -0.351 e. The lowest BCUT2D eigenvalue weighted by Crippen LogP contribution is -2.50. The van der Waals surface area contributed by atoms with Crippen molar-refractivity contribution in [3.8, 4) is 0 Å². The predicted molar refractivity (Wildman–Crippen MR) is 495 cm³/mol. The van der Waals surface area contributed by atoms with Crippen LogP contribution in [-0.4, -0.2) is 201 Å². The van der Waals surface area contributed by atoms with Gasteiger partial charge in [-0.15, -0.1) is 0 Å². The van der Waals surface area contributed by atoms with Crippen LogP contribution in [0.25, 0.3) is 27.6 Å². The van der Waals surface area contributed by atoms with Gasteiger partial charge in [0, 0.05) is 129 Å². The Hall–Kier alpha value is -9.67. The Balaban J connectivity index is 0.000000161. The summed E-state index contributed by atoms with van der Waals surface area (Å²) in [6.45, 7) is 16.7. The van der Waals surface area contributed by atoms with Gasteiger partial charge in [-0.05, 0) is 250 Å². The Kier molecular flexibility index (Phi) is 34.3. The Morgan fingerprint density at radius 3 is 1.29 bits per heavy atom. The van der Waals surface area contributed by atoms with E-state index in [9.17, 15) is 33.2 Å². The topological polar surface area (TPSA) is 217 Å². The molecule has 6 amide bonds. The van der Waals surface area contributed by atoms with Crippen LogP contribution in [-0.2, 0) is 19.2 Å². The van der Waals surface area contributed by atoms with E-state index in [-0.39, 0.29) is 89.3 Å². The minimum absolute atomic E-state index is 0.0135. The number of nitrogens with one attached hydrogen (secondary N) is 6. The van der Waals surface area contributed by atoms with Crippen LogP contribution in [0.4, 0.5) is 4.39 Å². The number of carbonyl (C=O) groups excluding carboxylic acids is 6. The van der Waals surface area contributed by atoms with E-state index in [4.69, 9.17) is 28.9 Å². The molecule has 18 nitrogen and oxygen atoms in total. The van der Waals surface area contributed by atoms with Crippen LogP contribution in [0.2, 0.25) is 10.0 Å². The Bertz CT molecular complexity index is 4580. The van der Waals surface area contributed by atoms with Gasteiger partial charge in [-0.3, -0.25) is 28.8 Å². The first-order chi connectivity index (χ1) is 59.9. The van der Waals surface area contributed by atoms with Crippen molar-refractivity contribution >= 4 is 86.3 Å². The standard InChI is InChI=1S/C38H43ClN4O2.C38H43FN4O2.C26H39ClN4O2/c2*39-33-17-16-30-24-32(15-14-31(30)25-33)37(44)40-26-34-18-23-43(38(45)36(41-34)19-22-42-20-8-3-9-21-42)27-35(28-10-4-1-5-11-28)29-12-6-2-7-13-29;1-18-13-19(2)15-21(14-18)17-31-12-10-23(30-24(9-11-28)26(31)33)16-29-25(32)8-5-20-3-6-22(27)7-4-20/h2*1-2,4-7,10-17,24-25,34-36,41H,3,8-9,18-23,26-27H2,(H,40,44);3-8,18-19,21,23-24,30H,9-17,28H2,1-2H3,(H,29,32)/b;;8-5+/t2*34-,36-;18?,19?,21?,23-,24-/m000/s1. The number of nitrogens with zero attached hydrogens (tertiary/aromatic N) is 5. The van der Waals surface area contributed by atoms with Gasteiger partial charge in [-0.25, -0.2) is 4.39 Å². The zero-order chi connectivity index (χ0) is 85.8. The number of rotatable bonds is 28. The van der Waals surface area contributed by atoms with E-state index in [2.05, 4.69) is 158 Å². The molecule has 5 aliphatic heterocycles. The molecule has 5 saturated heterocycles. The van der Waals surface area contributed by atoms with Crippen LogP contribution >= 0.6 is 23.2 Å². The quantitative estimate of drug-likeness (QED) is 0.0228. The van der Waals surface area contributed by atoms with Crippen molar-refractivity contribution < 1.29 is 33.2 Å². The molecule has 0 spiro atoms. The highest BCUT2D eigenvalue weighted by molar-refractivity contribution is 6.31. The number of amides is 6. The van der Waals surface area contributed by atoms with E-state index in [1.54, 1.807) is 42.5 Å². The average Bonchev–Trinajstić information content (AvgIpc) is 1.73. The first-order valence-electron chi connectivity index (χ1n) is 45.1. The molecule has 0 aromatic heterocycles. The summed E-state index contributed by atoms with van der Waals surface area (Å²) in [6, 6.07) is 69.5. The fourth-order valence-electron chi connectivity index (χ4n) is 19.0. The Morgan fingerprint density at radius 2 is 0.837 bits per heavy atom. The molecule has 21 heteroatoms. The summed E-state index contributed by atoms with van der Waals surface area (Å²) >= 11 is 12.0. The van der Waals surface area contributed by atoms with Gasteiger partial charge in [0.05, 0.1) is 18.1 Å². The molecule has 5 heterocycles.